The maximum atomic E-state index is 10.9. The summed E-state index contributed by atoms with van der Waals surface area (Å²) in [5.74, 6) is 0.0215. The Balaban J connectivity index is 1.88. The van der Waals surface area contributed by atoms with Gasteiger partial charge in [-0.3, -0.25) is 0 Å². The first kappa shape index (κ1) is 17.3. The summed E-state index contributed by atoms with van der Waals surface area (Å²) in [6.07, 6.45) is 0.131. The van der Waals surface area contributed by atoms with Crippen LogP contribution in [0.1, 0.15) is 0 Å². The quantitative estimate of drug-likeness (QED) is 0.482. The lowest BCUT2D eigenvalue weighted by Crippen LogP contribution is -2.24. The van der Waals surface area contributed by atoms with Crippen molar-refractivity contribution in [3.8, 4) is 16.9 Å². The molecule has 0 bridgehead atoms. The molecule has 1 unspecified atom stereocenters. The highest BCUT2D eigenvalue weighted by molar-refractivity contribution is 5.81. The number of carbonyl (C=O) groups is 1. The van der Waals surface area contributed by atoms with Crippen molar-refractivity contribution in [3.63, 3.8) is 0 Å². The number of esters is 1. The van der Waals surface area contributed by atoms with E-state index in [0.29, 0.717) is 11.4 Å². The molecule has 2 rings (SSSR count). The van der Waals surface area contributed by atoms with E-state index in [-0.39, 0.29) is 13.2 Å². The van der Waals surface area contributed by atoms with E-state index in [1.807, 2.05) is 24.3 Å². The van der Waals surface area contributed by atoms with Crippen molar-refractivity contribution in [1.29, 1.82) is 0 Å². The summed E-state index contributed by atoms with van der Waals surface area (Å²) in [5, 5.41) is 9.68. The summed E-state index contributed by atoms with van der Waals surface area (Å²) in [7, 11) is 0. The average molecular weight is 323 g/mol. The SMILES string of the molecule is [C-]#[N+]c1ccc(-c2ccc(OCC(O)COC(=O)C=C)cc2)cc1. The van der Waals surface area contributed by atoms with Gasteiger partial charge in [-0.25, -0.2) is 9.64 Å². The molecule has 122 valence electrons. The number of hydrogen-bond acceptors (Lipinski definition) is 4. The van der Waals surface area contributed by atoms with Gasteiger partial charge >= 0.3 is 5.97 Å². The van der Waals surface area contributed by atoms with Gasteiger partial charge < -0.3 is 14.6 Å². The van der Waals surface area contributed by atoms with Gasteiger partial charge in [0, 0.05) is 6.08 Å². The Morgan fingerprint density at radius 2 is 1.71 bits per heavy atom. The number of aliphatic hydroxyl groups excluding tert-OH is 1. The molecular weight excluding hydrogens is 306 g/mol. The zero-order chi connectivity index (χ0) is 17.4. The monoisotopic (exact) mass is 323 g/mol. The number of aliphatic hydroxyl groups is 1. The fraction of sp³-hybridized carbons (Fsp3) is 0.158. The van der Waals surface area contributed by atoms with Crippen molar-refractivity contribution in [2.45, 2.75) is 6.10 Å². The van der Waals surface area contributed by atoms with E-state index >= 15 is 0 Å². The first-order valence-corrected chi connectivity index (χ1v) is 7.30. The predicted molar refractivity (Wildman–Crippen MR) is 90.8 cm³/mol. The number of carbonyl (C=O) groups excluding carboxylic acids is 1. The van der Waals surface area contributed by atoms with E-state index in [0.717, 1.165) is 17.2 Å². The van der Waals surface area contributed by atoms with Gasteiger partial charge in [-0.2, -0.15) is 0 Å². The molecule has 0 aromatic heterocycles. The molecule has 1 N–H and O–H groups in total. The number of ether oxygens (including phenoxy) is 2. The third-order valence-electron chi connectivity index (χ3n) is 3.21. The molecule has 0 aliphatic heterocycles. The summed E-state index contributed by atoms with van der Waals surface area (Å²) in [6, 6.07) is 14.7. The van der Waals surface area contributed by atoms with Gasteiger partial charge in [-0.05, 0) is 23.3 Å². The van der Waals surface area contributed by atoms with Crippen LogP contribution in [0.25, 0.3) is 16.0 Å². The van der Waals surface area contributed by atoms with Crippen LogP contribution < -0.4 is 4.74 Å². The van der Waals surface area contributed by atoms with Crippen LogP contribution in [-0.4, -0.2) is 30.4 Å². The van der Waals surface area contributed by atoms with Crippen molar-refractivity contribution in [1.82, 2.24) is 0 Å². The molecule has 0 fully saturated rings. The third-order valence-corrected chi connectivity index (χ3v) is 3.21. The average Bonchev–Trinajstić information content (AvgIpc) is 2.64. The number of benzene rings is 2. The summed E-state index contributed by atoms with van der Waals surface area (Å²) in [4.78, 5) is 14.3. The largest absolute Gasteiger partial charge is 0.491 e. The summed E-state index contributed by atoms with van der Waals surface area (Å²) in [5.41, 5.74) is 2.61. The lowest BCUT2D eigenvalue weighted by molar-refractivity contribution is -0.141. The van der Waals surface area contributed by atoms with E-state index < -0.39 is 12.1 Å². The van der Waals surface area contributed by atoms with Crippen molar-refractivity contribution < 1.29 is 19.4 Å². The third kappa shape index (κ3) is 4.97. The first-order chi connectivity index (χ1) is 11.6. The van der Waals surface area contributed by atoms with Gasteiger partial charge in [0.1, 0.15) is 25.1 Å². The molecular formula is C19H17NO4. The molecule has 0 amide bonds. The second-order valence-electron chi connectivity index (χ2n) is 4.98. The Morgan fingerprint density at radius 1 is 1.12 bits per heavy atom. The van der Waals surface area contributed by atoms with E-state index in [1.165, 1.54) is 0 Å². The standard InChI is InChI=1S/C19H17NO4/c1-3-19(22)24-13-17(21)12-23-18-10-6-15(7-11-18)14-4-8-16(20-2)9-5-14/h3-11,17,21H,1,12-13H2. The van der Waals surface area contributed by atoms with E-state index in [4.69, 9.17) is 16.0 Å². The lowest BCUT2D eigenvalue weighted by Gasteiger charge is -2.12. The predicted octanol–water partition coefficient (Wildman–Crippen LogP) is 3.37. The molecule has 1 atom stereocenters. The topological polar surface area (TPSA) is 60.1 Å². The maximum absolute atomic E-state index is 10.9. The van der Waals surface area contributed by atoms with Gasteiger partial charge in [-0.15, -0.1) is 0 Å². The molecule has 0 spiro atoms. The summed E-state index contributed by atoms with van der Waals surface area (Å²) >= 11 is 0. The molecule has 0 heterocycles. The van der Waals surface area contributed by atoms with Gasteiger partial charge in [-0.1, -0.05) is 43.0 Å². The zero-order valence-electron chi connectivity index (χ0n) is 13.0. The Morgan fingerprint density at radius 3 is 2.25 bits per heavy atom. The van der Waals surface area contributed by atoms with Crippen LogP contribution >= 0.6 is 0 Å². The fourth-order valence-electron chi connectivity index (χ4n) is 1.95. The zero-order valence-corrected chi connectivity index (χ0v) is 13.0. The minimum atomic E-state index is -0.908. The Hall–Kier alpha value is -3.10. The highest BCUT2D eigenvalue weighted by Crippen LogP contribution is 2.24. The molecule has 5 nitrogen and oxygen atoms in total. The van der Waals surface area contributed by atoms with Crippen LogP contribution in [0.2, 0.25) is 0 Å². The minimum absolute atomic E-state index is 0.0173. The molecule has 0 radical (unpaired) electrons. The van der Waals surface area contributed by atoms with Crippen LogP contribution in [0.5, 0.6) is 5.75 Å². The van der Waals surface area contributed by atoms with Crippen molar-refractivity contribution in [3.05, 3.63) is 72.6 Å². The van der Waals surface area contributed by atoms with E-state index in [9.17, 15) is 9.90 Å². The molecule has 0 saturated heterocycles. The van der Waals surface area contributed by atoms with Crippen LogP contribution in [0.3, 0.4) is 0 Å². The van der Waals surface area contributed by atoms with Gasteiger partial charge in [0.2, 0.25) is 0 Å². The summed E-state index contributed by atoms with van der Waals surface area (Å²) < 4.78 is 10.2. The maximum Gasteiger partial charge on any atom is 0.330 e. The lowest BCUT2D eigenvalue weighted by atomic mass is 10.1. The molecule has 24 heavy (non-hydrogen) atoms. The molecule has 0 saturated carbocycles. The second-order valence-corrected chi connectivity index (χ2v) is 4.98. The normalized spacial score (nSPS) is 11.2. The first-order valence-electron chi connectivity index (χ1n) is 7.30. The highest BCUT2D eigenvalue weighted by Gasteiger charge is 2.08. The number of rotatable bonds is 7. The van der Waals surface area contributed by atoms with Gasteiger partial charge in [0.15, 0.2) is 5.69 Å². The summed E-state index contributed by atoms with van der Waals surface area (Å²) in [6.45, 7) is 10.1. The van der Waals surface area contributed by atoms with E-state index in [1.54, 1.807) is 24.3 Å². The van der Waals surface area contributed by atoms with Crippen LogP contribution in [0.4, 0.5) is 5.69 Å². The van der Waals surface area contributed by atoms with Crippen LogP contribution in [0, 0.1) is 6.57 Å². The van der Waals surface area contributed by atoms with Gasteiger partial charge in [0.25, 0.3) is 0 Å². The molecule has 0 aliphatic rings. The fourth-order valence-corrected chi connectivity index (χ4v) is 1.95. The highest BCUT2D eigenvalue weighted by atomic mass is 16.5. The van der Waals surface area contributed by atoms with E-state index in [2.05, 4.69) is 11.4 Å². The van der Waals surface area contributed by atoms with Crippen molar-refractivity contribution >= 4 is 11.7 Å². The minimum Gasteiger partial charge on any atom is -0.491 e. The second kappa shape index (κ2) is 8.51. The number of nitrogens with zero attached hydrogens (tertiary/aromatic N) is 1. The van der Waals surface area contributed by atoms with Crippen LogP contribution in [-0.2, 0) is 9.53 Å². The van der Waals surface area contributed by atoms with Gasteiger partial charge in [0.05, 0.1) is 6.57 Å². The molecule has 0 aliphatic carbocycles. The number of hydrogen-bond donors (Lipinski definition) is 1. The Kier molecular flexibility index (Phi) is 6.12. The van der Waals surface area contributed by atoms with Crippen molar-refractivity contribution in [2.75, 3.05) is 13.2 Å². The molecule has 5 heteroatoms. The Bertz CT molecular complexity index is 729. The van der Waals surface area contributed by atoms with Crippen LogP contribution in [0.15, 0.2) is 61.2 Å². The molecule has 2 aromatic rings. The Labute approximate surface area is 140 Å². The smallest absolute Gasteiger partial charge is 0.330 e. The van der Waals surface area contributed by atoms with Crippen molar-refractivity contribution in [2.24, 2.45) is 0 Å². The molecule has 2 aromatic carbocycles.